The van der Waals surface area contributed by atoms with E-state index in [9.17, 15) is 0 Å². The van der Waals surface area contributed by atoms with Crippen molar-refractivity contribution < 1.29 is 14.5 Å². The maximum atomic E-state index is 6.01. The van der Waals surface area contributed by atoms with E-state index in [2.05, 4.69) is 0 Å². The average Bonchev–Trinajstić information content (AvgIpc) is 2.19. The molecule has 0 radical (unpaired) electrons. The van der Waals surface area contributed by atoms with Crippen molar-refractivity contribution in [3.05, 3.63) is 0 Å². The van der Waals surface area contributed by atoms with Gasteiger partial charge >= 0.3 is 19.2 Å². The molecule has 0 saturated carbocycles. The first kappa shape index (κ1) is 13.9. The van der Waals surface area contributed by atoms with E-state index in [1.807, 2.05) is 0 Å². The molecule has 1 rings (SSSR count). The molecule has 0 N–H and O–H groups in total. The highest BCUT2D eigenvalue weighted by atomic mass is 35.5. The Bertz CT molecular complexity index is 174. The lowest BCUT2D eigenvalue weighted by molar-refractivity contribution is -0.0858. The molecule has 1 heterocycles. The maximum absolute atomic E-state index is 6.01. The number of hydrogen-bond acceptors (Lipinski definition) is 6. The van der Waals surface area contributed by atoms with Crippen LogP contribution in [0.15, 0.2) is 0 Å². The van der Waals surface area contributed by atoms with Gasteiger partial charge < -0.3 is 14.5 Å². The standard InChI is InChI=1S/C3H9B3Cl3N3O3/c1-13-10-4(7)11(14-2)6(9)12(15-3)5(10)8/h1-3H3. The predicted molar refractivity (Wildman–Crippen MR) is 61.4 cm³/mol. The third kappa shape index (κ3) is 2.57. The van der Waals surface area contributed by atoms with Gasteiger partial charge in [0.05, 0.1) is 21.3 Å². The molecule has 1 fully saturated rings. The topological polar surface area (TPSA) is 37.4 Å². The summed E-state index contributed by atoms with van der Waals surface area (Å²) in [7, 11) is 4.29. The summed E-state index contributed by atoms with van der Waals surface area (Å²) in [6.07, 6.45) is -2.26. The second-order valence-corrected chi connectivity index (χ2v) is 3.73. The first-order valence-electron chi connectivity index (χ1n) is 3.98. The molecule has 1 aliphatic heterocycles. The van der Waals surface area contributed by atoms with Gasteiger partial charge in [-0.2, -0.15) is 0 Å². The Balaban J connectivity index is 2.87. The van der Waals surface area contributed by atoms with Crippen molar-refractivity contribution in [2.45, 2.75) is 0 Å². The Morgan fingerprint density at radius 1 is 0.667 bits per heavy atom. The quantitative estimate of drug-likeness (QED) is 0.687. The zero-order chi connectivity index (χ0) is 11.6. The van der Waals surface area contributed by atoms with E-state index in [1.165, 1.54) is 36.0 Å². The summed E-state index contributed by atoms with van der Waals surface area (Å²) in [6.45, 7) is 0. The second kappa shape index (κ2) is 5.95. The van der Waals surface area contributed by atoms with E-state index in [4.69, 9.17) is 48.9 Å². The molecule has 6 nitrogen and oxygen atoms in total. The molecule has 0 spiro atoms. The van der Waals surface area contributed by atoms with Crippen LogP contribution in [0, 0.1) is 0 Å². The maximum Gasteiger partial charge on any atom is 0.449 e. The highest BCUT2D eigenvalue weighted by Crippen LogP contribution is 2.25. The van der Waals surface area contributed by atoms with Gasteiger partial charge in [0.15, 0.2) is 0 Å². The fourth-order valence-electron chi connectivity index (χ4n) is 1.16. The molecular weight excluding hydrogens is 265 g/mol. The van der Waals surface area contributed by atoms with Crippen molar-refractivity contribution in [3.8, 4) is 0 Å². The summed E-state index contributed by atoms with van der Waals surface area (Å²) >= 11 is 18.0. The van der Waals surface area contributed by atoms with Gasteiger partial charge in [0, 0.05) is 0 Å². The van der Waals surface area contributed by atoms with Gasteiger partial charge in [-0.15, -0.1) is 34.4 Å². The van der Waals surface area contributed by atoms with Crippen LogP contribution in [0.5, 0.6) is 0 Å². The van der Waals surface area contributed by atoms with E-state index < -0.39 is 19.2 Å². The molecule has 15 heavy (non-hydrogen) atoms. The van der Waals surface area contributed by atoms with Crippen molar-refractivity contribution in [3.63, 3.8) is 0 Å². The minimum absolute atomic E-state index is 0.753. The van der Waals surface area contributed by atoms with Crippen LogP contribution in [0.4, 0.5) is 0 Å². The molecule has 0 bridgehead atoms. The summed E-state index contributed by atoms with van der Waals surface area (Å²) in [4.78, 5) is 18.8. The minimum atomic E-state index is -0.753. The molecule has 0 aromatic heterocycles. The highest BCUT2D eigenvalue weighted by Gasteiger charge is 2.54. The van der Waals surface area contributed by atoms with Crippen LogP contribution in [-0.4, -0.2) is 55.2 Å². The average molecular weight is 274 g/mol. The predicted octanol–water partition coefficient (Wildman–Crippen LogP) is 0.261. The fraction of sp³-hybridized carbons (Fsp3) is 1.00. The van der Waals surface area contributed by atoms with Crippen molar-refractivity contribution in [1.29, 1.82) is 0 Å². The lowest BCUT2D eigenvalue weighted by Gasteiger charge is -2.43. The van der Waals surface area contributed by atoms with Gasteiger partial charge in [0.2, 0.25) is 0 Å². The van der Waals surface area contributed by atoms with Gasteiger partial charge in [-0.3, -0.25) is 0 Å². The van der Waals surface area contributed by atoms with Crippen LogP contribution in [-0.2, 0) is 14.5 Å². The molecule has 0 aliphatic carbocycles. The summed E-state index contributed by atoms with van der Waals surface area (Å²) in [5.74, 6) is 0. The number of halogens is 3. The van der Waals surface area contributed by atoms with E-state index in [1.54, 1.807) is 0 Å². The van der Waals surface area contributed by atoms with Crippen molar-refractivity contribution in [2.75, 3.05) is 21.3 Å². The summed E-state index contributed by atoms with van der Waals surface area (Å²) < 4.78 is 0. The first-order chi connectivity index (χ1) is 7.08. The Morgan fingerprint density at radius 3 is 1.00 bits per heavy atom. The van der Waals surface area contributed by atoms with Crippen molar-refractivity contribution in [2.24, 2.45) is 0 Å². The number of hydrogen-bond donors (Lipinski definition) is 0. The van der Waals surface area contributed by atoms with Gasteiger partial charge in [-0.25, -0.2) is 14.7 Å². The Labute approximate surface area is 104 Å². The van der Waals surface area contributed by atoms with E-state index in [-0.39, 0.29) is 0 Å². The molecule has 0 unspecified atom stereocenters. The first-order valence-corrected chi connectivity index (χ1v) is 5.29. The Hall–Kier alpha value is 0.825. The highest BCUT2D eigenvalue weighted by molar-refractivity contribution is 7.25. The summed E-state index contributed by atoms with van der Waals surface area (Å²) in [5.41, 5.74) is 0. The molecular formula is C3H9B3Cl3N3O3. The number of nitrogens with zero attached hydrogens (tertiary/aromatic N) is 3. The van der Waals surface area contributed by atoms with Crippen LogP contribution in [0.3, 0.4) is 0 Å². The lowest BCUT2D eigenvalue weighted by atomic mass is 9.79. The molecule has 0 aromatic rings. The third-order valence-electron chi connectivity index (χ3n) is 1.89. The smallest absolute Gasteiger partial charge is 0.320 e. The normalized spacial score (nSPS) is 21.6. The molecule has 84 valence electrons. The molecule has 1 saturated heterocycles. The zero-order valence-electron chi connectivity index (χ0n) is 8.43. The minimum Gasteiger partial charge on any atom is -0.320 e. The lowest BCUT2D eigenvalue weighted by Crippen LogP contribution is -2.72. The fourth-order valence-corrected chi connectivity index (χ4v) is 2.45. The molecule has 1 aliphatic rings. The van der Waals surface area contributed by atoms with Gasteiger partial charge in [-0.1, -0.05) is 0 Å². The monoisotopic (exact) mass is 273 g/mol. The summed E-state index contributed by atoms with van der Waals surface area (Å²) in [5, 5.41) is 0. The van der Waals surface area contributed by atoms with E-state index in [0.717, 1.165) is 0 Å². The summed E-state index contributed by atoms with van der Waals surface area (Å²) in [6, 6.07) is 0. The second-order valence-electron chi connectivity index (χ2n) is 2.56. The van der Waals surface area contributed by atoms with Crippen molar-refractivity contribution in [1.82, 2.24) is 14.7 Å². The molecule has 0 aromatic carbocycles. The Morgan fingerprint density at radius 2 is 0.867 bits per heavy atom. The van der Waals surface area contributed by atoms with Gasteiger partial charge in [0.1, 0.15) is 0 Å². The Kier molecular flexibility index (Phi) is 5.51. The van der Waals surface area contributed by atoms with Crippen molar-refractivity contribution >= 4 is 53.6 Å². The van der Waals surface area contributed by atoms with Gasteiger partial charge in [0.25, 0.3) is 0 Å². The van der Waals surface area contributed by atoms with E-state index in [0.29, 0.717) is 0 Å². The van der Waals surface area contributed by atoms with Crippen LogP contribution in [0.25, 0.3) is 0 Å². The third-order valence-corrected chi connectivity index (χ3v) is 3.05. The molecule has 12 heteroatoms. The van der Waals surface area contributed by atoms with Crippen LogP contribution < -0.4 is 0 Å². The van der Waals surface area contributed by atoms with Gasteiger partial charge in [-0.05, 0) is 0 Å². The molecule has 0 amide bonds. The molecule has 0 atom stereocenters. The van der Waals surface area contributed by atoms with Crippen LogP contribution in [0.2, 0.25) is 0 Å². The van der Waals surface area contributed by atoms with Crippen LogP contribution in [0.1, 0.15) is 0 Å². The SMILES string of the molecule is CON1B(Cl)N(OC)B(Cl)N(OC)B1Cl. The van der Waals surface area contributed by atoms with E-state index >= 15 is 0 Å². The zero-order valence-corrected chi connectivity index (χ0v) is 10.7. The van der Waals surface area contributed by atoms with Crippen LogP contribution >= 0.6 is 34.4 Å². The largest absolute Gasteiger partial charge is 0.449 e. The number of rotatable bonds is 3.